The first-order valence-corrected chi connectivity index (χ1v) is 11.7. The minimum Gasteiger partial charge on any atom is -0.396 e. The molecule has 0 atom stereocenters. The van der Waals surface area contributed by atoms with Crippen molar-refractivity contribution < 1.29 is 14.6 Å². The highest BCUT2D eigenvalue weighted by molar-refractivity contribution is 6.30. The van der Waals surface area contributed by atoms with Gasteiger partial charge in [0, 0.05) is 31.4 Å². The molecule has 2 aromatic carbocycles. The van der Waals surface area contributed by atoms with Gasteiger partial charge in [-0.3, -0.25) is 14.7 Å². The molecule has 3 aromatic rings. The number of nitrogens with one attached hydrogen (secondary N) is 2. The lowest BCUT2D eigenvalue weighted by Crippen LogP contribution is -2.30. The van der Waals surface area contributed by atoms with Crippen LogP contribution in [0.4, 0.5) is 0 Å². The van der Waals surface area contributed by atoms with E-state index in [1.807, 2.05) is 18.2 Å². The molecule has 1 amide bonds. The summed E-state index contributed by atoms with van der Waals surface area (Å²) in [5.74, 6) is -0.0233. The maximum absolute atomic E-state index is 13.3. The van der Waals surface area contributed by atoms with Crippen molar-refractivity contribution in [3.05, 3.63) is 74.0 Å². The van der Waals surface area contributed by atoms with Gasteiger partial charge in [-0.05, 0) is 72.9 Å². The average molecular weight is 470 g/mol. The Labute approximate surface area is 197 Å². The fourth-order valence-electron chi connectivity index (χ4n) is 4.26. The molecule has 1 saturated heterocycles. The number of rotatable bonds is 8. The van der Waals surface area contributed by atoms with Crippen molar-refractivity contribution in [2.75, 3.05) is 19.8 Å². The van der Waals surface area contributed by atoms with E-state index in [4.69, 9.17) is 16.3 Å². The Kier molecular flexibility index (Phi) is 7.75. The zero-order valence-corrected chi connectivity index (χ0v) is 19.2. The number of aliphatic hydroxyl groups is 1. The number of hydrogen-bond donors (Lipinski definition) is 3. The zero-order chi connectivity index (χ0) is 23.2. The van der Waals surface area contributed by atoms with Gasteiger partial charge in [-0.15, -0.1) is 0 Å². The second-order valence-electron chi connectivity index (χ2n) is 8.48. The van der Waals surface area contributed by atoms with E-state index in [0.717, 1.165) is 49.2 Å². The number of aromatic nitrogens is 2. The first-order valence-electron chi connectivity index (χ1n) is 11.3. The molecule has 33 heavy (non-hydrogen) atoms. The smallest absolute Gasteiger partial charge is 0.276 e. The van der Waals surface area contributed by atoms with Crippen LogP contribution in [0.5, 0.6) is 0 Å². The van der Waals surface area contributed by atoms with Crippen molar-refractivity contribution in [3.8, 4) is 0 Å². The van der Waals surface area contributed by atoms with Gasteiger partial charge < -0.3 is 15.2 Å². The predicted molar refractivity (Wildman–Crippen MR) is 128 cm³/mol. The molecule has 174 valence electrons. The number of amides is 1. The van der Waals surface area contributed by atoms with Crippen LogP contribution in [0, 0.1) is 5.92 Å². The normalized spacial score (nSPS) is 14.5. The summed E-state index contributed by atoms with van der Waals surface area (Å²) in [6.45, 7) is 1.85. The summed E-state index contributed by atoms with van der Waals surface area (Å²) in [5, 5.41) is 20.2. The van der Waals surface area contributed by atoms with Crippen molar-refractivity contribution in [1.82, 2.24) is 15.5 Å². The number of halogens is 1. The number of H-pyrrole nitrogens is 1. The molecule has 2 heterocycles. The molecule has 1 aliphatic heterocycles. The summed E-state index contributed by atoms with van der Waals surface area (Å²) in [4.78, 5) is 26.0. The molecule has 3 N–H and O–H groups in total. The van der Waals surface area contributed by atoms with Crippen LogP contribution in [0.2, 0.25) is 5.02 Å². The Morgan fingerprint density at radius 2 is 1.94 bits per heavy atom. The van der Waals surface area contributed by atoms with Crippen molar-refractivity contribution >= 4 is 28.4 Å². The first-order chi connectivity index (χ1) is 16.0. The number of nitrogens with zero attached hydrogens (tertiary/aromatic N) is 1. The summed E-state index contributed by atoms with van der Waals surface area (Å²) in [5.41, 5.74) is 2.94. The Morgan fingerprint density at radius 3 is 2.67 bits per heavy atom. The van der Waals surface area contributed by atoms with Gasteiger partial charge in [0.1, 0.15) is 0 Å². The summed E-state index contributed by atoms with van der Waals surface area (Å²) >= 11 is 5.90. The maximum Gasteiger partial charge on any atom is 0.276 e. The molecule has 1 fully saturated rings. The molecule has 0 radical (unpaired) electrons. The van der Waals surface area contributed by atoms with Crippen molar-refractivity contribution in [2.24, 2.45) is 5.92 Å². The number of benzene rings is 2. The second kappa shape index (κ2) is 10.9. The standard InChI is InChI=1S/C25H28ClN3O4/c26-20-5-3-17(4-6-20)15-27-25(32)23-24(31)21-14-18(12-16-7-10-33-11-8-16)13-19(2-1-9-30)22(21)28-29-23/h3-6,13-14,16,30H,1-2,7-12,15H2,(H,27,32)(H,28,31). The van der Waals surface area contributed by atoms with Crippen molar-refractivity contribution in [3.63, 3.8) is 0 Å². The molecule has 0 saturated carbocycles. The van der Waals surface area contributed by atoms with Crippen LogP contribution in [0.25, 0.3) is 10.9 Å². The minimum atomic E-state index is -0.528. The van der Waals surface area contributed by atoms with E-state index < -0.39 is 11.3 Å². The maximum atomic E-state index is 13.3. The Balaban J connectivity index is 1.62. The summed E-state index contributed by atoms with van der Waals surface area (Å²) in [7, 11) is 0. The fourth-order valence-corrected chi connectivity index (χ4v) is 4.39. The molecular weight excluding hydrogens is 442 g/mol. The SMILES string of the molecule is O=C(NCc1ccc(Cl)cc1)c1n[nH]c2c(CCCO)cc(CC3CCOCC3)cc2c1=O. The fraction of sp³-hybridized carbons (Fsp3) is 0.400. The van der Waals surface area contributed by atoms with Gasteiger partial charge in [0.2, 0.25) is 5.43 Å². The van der Waals surface area contributed by atoms with E-state index in [9.17, 15) is 14.7 Å². The van der Waals surface area contributed by atoms with Crippen LogP contribution >= 0.6 is 11.6 Å². The molecule has 1 aliphatic rings. The van der Waals surface area contributed by atoms with Gasteiger partial charge in [-0.1, -0.05) is 29.8 Å². The number of aryl methyl sites for hydroxylation is 1. The summed E-state index contributed by atoms with van der Waals surface area (Å²) < 4.78 is 5.46. The number of carbonyl (C=O) groups is 1. The second-order valence-corrected chi connectivity index (χ2v) is 8.91. The molecule has 0 spiro atoms. The third-order valence-corrected chi connectivity index (χ3v) is 6.32. The first kappa shape index (κ1) is 23.4. The lowest BCUT2D eigenvalue weighted by Gasteiger charge is -2.22. The molecule has 8 heteroatoms. The average Bonchev–Trinajstić information content (AvgIpc) is 2.83. The van der Waals surface area contributed by atoms with Gasteiger partial charge in [0.15, 0.2) is 5.69 Å². The molecule has 7 nitrogen and oxygen atoms in total. The van der Waals surface area contributed by atoms with E-state index in [2.05, 4.69) is 21.6 Å². The monoisotopic (exact) mass is 469 g/mol. The van der Waals surface area contributed by atoms with Crippen LogP contribution in [-0.2, 0) is 24.1 Å². The van der Waals surface area contributed by atoms with Gasteiger partial charge >= 0.3 is 0 Å². The van der Waals surface area contributed by atoms with E-state index in [1.54, 1.807) is 12.1 Å². The highest BCUT2D eigenvalue weighted by Gasteiger charge is 2.19. The summed E-state index contributed by atoms with van der Waals surface area (Å²) in [6, 6.07) is 11.1. The number of carbonyl (C=O) groups excluding carboxylic acids is 1. The molecule has 1 aromatic heterocycles. The van der Waals surface area contributed by atoms with E-state index in [1.165, 1.54) is 0 Å². The van der Waals surface area contributed by atoms with Gasteiger partial charge in [0.05, 0.1) is 10.9 Å². The number of fused-ring (bicyclic) bond motifs is 1. The van der Waals surface area contributed by atoms with Gasteiger partial charge in [-0.25, -0.2) is 0 Å². The molecule has 0 unspecified atom stereocenters. The number of aromatic amines is 1. The third-order valence-electron chi connectivity index (χ3n) is 6.07. The molecular formula is C25H28ClN3O4. The Bertz CT molecular complexity index is 1170. The van der Waals surface area contributed by atoms with Gasteiger partial charge in [-0.2, -0.15) is 5.10 Å². The Hall–Kier alpha value is -2.74. The highest BCUT2D eigenvalue weighted by atomic mass is 35.5. The van der Waals surface area contributed by atoms with Crippen LogP contribution in [-0.4, -0.2) is 41.0 Å². The minimum absolute atomic E-state index is 0.0640. The van der Waals surface area contributed by atoms with Crippen molar-refractivity contribution in [2.45, 2.75) is 38.6 Å². The number of hydrogen-bond acceptors (Lipinski definition) is 5. The lowest BCUT2D eigenvalue weighted by atomic mass is 9.90. The van der Waals surface area contributed by atoms with Crippen LogP contribution in [0.15, 0.2) is 41.2 Å². The molecule has 0 bridgehead atoms. The van der Waals surface area contributed by atoms with Gasteiger partial charge in [0.25, 0.3) is 5.91 Å². The zero-order valence-electron chi connectivity index (χ0n) is 18.4. The topological polar surface area (TPSA) is 104 Å². The van der Waals surface area contributed by atoms with Crippen LogP contribution < -0.4 is 10.7 Å². The van der Waals surface area contributed by atoms with E-state index in [0.29, 0.717) is 34.7 Å². The predicted octanol–water partition coefficient (Wildman–Crippen LogP) is 3.40. The largest absolute Gasteiger partial charge is 0.396 e. The Morgan fingerprint density at radius 1 is 1.18 bits per heavy atom. The highest BCUT2D eigenvalue weighted by Crippen LogP contribution is 2.24. The number of ether oxygens (including phenoxy) is 1. The van der Waals surface area contributed by atoms with E-state index >= 15 is 0 Å². The third kappa shape index (κ3) is 5.79. The number of aliphatic hydroxyl groups excluding tert-OH is 1. The molecule has 0 aliphatic carbocycles. The van der Waals surface area contributed by atoms with Crippen LogP contribution in [0.3, 0.4) is 0 Å². The quantitative estimate of drug-likeness (QED) is 0.469. The lowest BCUT2D eigenvalue weighted by molar-refractivity contribution is 0.0665. The summed E-state index contributed by atoms with van der Waals surface area (Å²) in [6.07, 6.45) is 4.05. The van der Waals surface area contributed by atoms with Crippen molar-refractivity contribution in [1.29, 1.82) is 0 Å². The molecule has 4 rings (SSSR count). The van der Waals surface area contributed by atoms with E-state index in [-0.39, 0.29) is 18.8 Å². The van der Waals surface area contributed by atoms with Crippen LogP contribution in [0.1, 0.15) is 46.4 Å².